The Morgan fingerprint density at radius 1 is 0.949 bits per heavy atom. The molecule has 7 rings (SSSR count). The Hall–Kier alpha value is -5.30. The number of carbonyl (C=O) groups excluding carboxylic acids is 2. The number of aromatic nitrogens is 1. The molecule has 4 atom stereocenters. The highest BCUT2D eigenvalue weighted by Crippen LogP contribution is 2.59. The highest BCUT2D eigenvalue weighted by atomic mass is 28.4. The van der Waals surface area contributed by atoms with Gasteiger partial charge in [-0.3, -0.25) is 14.5 Å². The smallest absolute Gasteiger partial charge is 0.265 e. The van der Waals surface area contributed by atoms with Crippen molar-refractivity contribution >= 4 is 31.3 Å². The molecule has 10 nitrogen and oxygen atoms in total. The van der Waals surface area contributed by atoms with Crippen molar-refractivity contribution < 1.29 is 37.5 Å². The number of rotatable bonds is 14. The molecule has 0 aliphatic heterocycles. The molecule has 0 unspecified atom stereocenters. The molecule has 0 bridgehead atoms. The molecule has 0 amide bonds. The predicted molar refractivity (Wildman–Crippen MR) is 229 cm³/mol. The van der Waals surface area contributed by atoms with Crippen molar-refractivity contribution in [2.75, 3.05) is 32.1 Å². The van der Waals surface area contributed by atoms with Crippen molar-refractivity contribution in [2.45, 2.75) is 76.6 Å². The zero-order valence-corrected chi connectivity index (χ0v) is 36.0. The summed E-state index contributed by atoms with van der Waals surface area (Å²) in [7, 11) is 0.734. The van der Waals surface area contributed by atoms with Crippen molar-refractivity contribution in [2.24, 2.45) is 11.8 Å². The van der Waals surface area contributed by atoms with Gasteiger partial charge in [-0.25, -0.2) is 4.39 Å². The number of Topliss-reactive ketones (excluding diaryl/α,β-unsaturated/α-hetero) is 2. The number of hydrogen-bond donors (Lipinski definition) is 1. The lowest BCUT2D eigenvalue weighted by atomic mass is 9.57. The van der Waals surface area contributed by atoms with Crippen molar-refractivity contribution in [1.29, 1.82) is 0 Å². The van der Waals surface area contributed by atoms with Crippen molar-refractivity contribution in [3.05, 3.63) is 137 Å². The highest BCUT2D eigenvalue weighted by Gasteiger charge is 2.69. The van der Waals surface area contributed by atoms with Gasteiger partial charge in [-0.2, -0.15) is 0 Å². The van der Waals surface area contributed by atoms with E-state index in [0.29, 0.717) is 18.8 Å². The van der Waals surface area contributed by atoms with Gasteiger partial charge < -0.3 is 28.4 Å². The number of ketones is 2. The molecule has 1 heterocycles. The van der Waals surface area contributed by atoms with Gasteiger partial charge in [0.15, 0.2) is 25.4 Å². The third-order valence-electron chi connectivity index (χ3n) is 12.5. The summed E-state index contributed by atoms with van der Waals surface area (Å²) in [4.78, 5) is 35.3. The van der Waals surface area contributed by atoms with E-state index in [2.05, 4.69) is 18.3 Å². The molecule has 1 N–H and O–H groups in total. The van der Waals surface area contributed by atoms with E-state index >= 15 is 14.0 Å². The Kier molecular flexibility index (Phi) is 11.4. The van der Waals surface area contributed by atoms with E-state index < -0.39 is 60.0 Å². The lowest BCUT2D eigenvalue weighted by Crippen LogP contribution is -2.68. The van der Waals surface area contributed by atoms with Gasteiger partial charge in [0.1, 0.15) is 30.4 Å². The Balaban J connectivity index is 1.45. The normalized spacial score (nSPS) is 21.3. The average Bonchev–Trinajstić information content (AvgIpc) is 3.61. The fourth-order valence-electron chi connectivity index (χ4n) is 8.64. The first-order valence-electron chi connectivity index (χ1n) is 20.1. The van der Waals surface area contributed by atoms with Crippen LogP contribution in [0.5, 0.6) is 11.6 Å². The van der Waals surface area contributed by atoms with Crippen LogP contribution in [0.15, 0.2) is 102 Å². The number of benzene rings is 3. The minimum Gasteiger partial charge on any atom is -0.507 e. The average molecular weight is 820 g/mol. The van der Waals surface area contributed by atoms with Crippen LogP contribution in [0.4, 0.5) is 10.1 Å². The third-order valence-corrected chi connectivity index (χ3v) is 16.9. The third kappa shape index (κ3) is 7.25. The Morgan fingerprint density at radius 3 is 2.10 bits per heavy atom. The summed E-state index contributed by atoms with van der Waals surface area (Å²) in [5, 5.41) is 16.5. The van der Waals surface area contributed by atoms with Crippen LogP contribution >= 0.6 is 0 Å². The van der Waals surface area contributed by atoms with Crippen LogP contribution in [0.1, 0.15) is 71.6 Å². The van der Waals surface area contributed by atoms with E-state index in [0.717, 1.165) is 11.1 Å². The molecule has 0 radical (unpaired) electrons. The summed E-state index contributed by atoms with van der Waals surface area (Å²) in [6.45, 7) is 18.8. The number of halogens is 1. The summed E-state index contributed by atoms with van der Waals surface area (Å²) in [6.07, 6.45) is 3.66. The number of aliphatic hydroxyl groups is 1. The largest absolute Gasteiger partial charge is 0.507 e. The number of aliphatic hydroxyl groups excluding tert-OH is 1. The fraction of sp³-hybridized carbons (Fsp3) is 0.383. The zero-order valence-electron chi connectivity index (χ0n) is 35.0. The van der Waals surface area contributed by atoms with Gasteiger partial charge in [0.25, 0.3) is 5.88 Å². The van der Waals surface area contributed by atoms with Crippen LogP contribution in [-0.4, -0.2) is 67.8 Å². The number of fused-ring (bicyclic) bond motifs is 4. The molecule has 12 heteroatoms. The maximum Gasteiger partial charge on any atom is 0.265 e. The number of ether oxygens (including phenoxy) is 2. The molecule has 0 saturated heterocycles. The van der Waals surface area contributed by atoms with Gasteiger partial charge in [0.2, 0.25) is 11.6 Å². The lowest BCUT2D eigenvalue weighted by Gasteiger charge is -2.55. The maximum absolute atomic E-state index is 16.7. The summed E-state index contributed by atoms with van der Waals surface area (Å²) < 4.78 is 42.7. The van der Waals surface area contributed by atoms with Crippen LogP contribution in [0.3, 0.4) is 0 Å². The second-order valence-corrected chi connectivity index (χ2v) is 22.2. The van der Waals surface area contributed by atoms with Crippen molar-refractivity contribution in [3.63, 3.8) is 0 Å². The number of anilines is 1. The summed E-state index contributed by atoms with van der Waals surface area (Å²) in [5.41, 5.74) is 0.348. The lowest BCUT2D eigenvalue weighted by molar-refractivity contribution is -0.140. The predicted octanol–water partition coefficient (Wildman–Crippen LogP) is 9.44. The first-order valence-corrected chi connectivity index (χ1v) is 23.0. The zero-order chi connectivity index (χ0) is 42.4. The Morgan fingerprint density at radius 2 is 1.54 bits per heavy atom. The van der Waals surface area contributed by atoms with E-state index in [-0.39, 0.29) is 65.7 Å². The number of carbonyl (C=O) groups is 2. The Bertz CT molecular complexity index is 2290. The van der Waals surface area contributed by atoms with Gasteiger partial charge in [-0.15, -0.1) is 13.2 Å². The van der Waals surface area contributed by atoms with Crippen LogP contribution in [0.2, 0.25) is 18.1 Å². The van der Waals surface area contributed by atoms with Crippen molar-refractivity contribution in [3.8, 4) is 11.6 Å². The minimum absolute atomic E-state index is 0.0186. The minimum atomic E-state index is -2.98. The number of hydrogen-bond acceptors (Lipinski definition) is 10. The summed E-state index contributed by atoms with van der Waals surface area (Å²) >= 11 is 0. The van der Waals surface area contributed by atoms with Gasteiger partial charge >= 0.3 is 0 Å². The van der Waals surface area contributed by atoms with Crippen LogP contribution in [-0.2, 0) is 28.9 Å². The quantitative estimate of drug-likeness (QED) is 0.0750. The molecule has 59 heavy (non-hydrogen) atoms. The monoisotopic (exact) mass is 819 g/mol. The first-order chi connectivity index (χ1) is 28.0. The van der Waals surface area contributed by atoms with Gasteiger partial charge in [0.05, 0.1) is 17.3 Å². The second kappa shape index (κ2) is 16.0. The molecule has 4 aromatic rings. The van der Waals surface area contributed by atoms with Gasteiger partial charge in [-0.05, 0) is 67.3 Å². The van der Waals surface area contributed by atoms with Crippen LogP contribution in [0.25, 0.3) is 5.76 Å². The van der Waals surface area contributed by atoms with Crippen LogP contribution < -0.4 is 14.4 Å². The van der Waals surface area contributed by atoms with E-state index in [1.54, 1.807) is 12.2 Å². The SMILES string of the molecule is C=CCN(CC=C)c1cc(F)c2c(c1OCc1ccccc1)C(O)=C1C(=O)[C@]3(O[Si](C)(C)C(C)(C)C)C(=O)c4c(OCc5ccccc5)noc4[C@@H](N(C)C)[C@@H]3C[C@@H]1C2. The molecule has 1 aromatic heterocycles. The highest BCUT2D eigenvalue weighted by molar-refractivity contribution is 6.74. The van der Waals surface area contributed by atoms with Crippen molar-refractivity contribution in [1.82, 2.24) is 10.1 Å². The molecular weight excluding hydrogens is 766 g/mol. The van der Waals surface area contributed by atoms with E-state index in [1.807, 2.05) is 118 Å². The fourth-order valence-corrected chi connectivity index (χ4v) is 10.1. The molecular formula is C47H54FN3O7Si. The standard InChI is InChI=1S/C47H54FN3O7Si/c1-10-22-51(23-11-2)35-26-34(48)32-24-31-25-33-39(50(6)7)42-38(45(49-57-42)56-28-30-20-16-13-17-21-30)44(54)47(33,58-59(8,9)46(3,4)5)43(53)36(31)40(52)37(32)41(35)55-27-29-18-14-12-15-19-29/h10-21,26,31,33,39,52H,1-2,22-25,27-28H2,3-9H3/t31-,33-,39-,47-/m0/s1. The van der Waals surface area contributed by atoms with Gasteiger partial charge in [-0.1, -0.05) is 93.6 Å². The van der Waals surface area contributed by atoms with Gasteiger partial charge in [0, 0.05) is 36.2 Å². The number of nitrogens with zero attached hydrogens (tertiary/aromatic N) is 3. The maximum atomic E-state index is 16.7. The van der Waals surface area contributed by atoms with Crippen LogP contribution in [0, 0.1) is 17.7 Å². The molecule has 310 valence electrons. The second-order valence-electron chi connectivity index (χ2n) is 17.5. The van der Waals surface area contributed by atoms with E-state index in [4.69, 9.17) is 18.4 Å². The summed E-state index contributed by atoms with van der Waals surface area (Å²) in [5.74, 6) is -3.24. The molecule has 3 aromatic carbocycles. The van der Waals surface area contributed by atoms with E-state index in [1.165, 1.54) is 6.07 Å². The topological polar surface area (TPSA) is 115 Å². The molecule has 3 aliphatic carbocycles. The molecule has 1 fully saturated rings. The Labute approximate surface area is 347 Å². The van der Waals surface area contributed by atoms with E-state index in [9.17, 15) is 5.11 Å². The molecule has 3 aliphatic rings. The molecule has 1 saturated carbocycles. The molecule has 0 spiro atoms. The first kappa shape index (κ1) is 41.8. The summed E-state index contributed by atoms with van der Waals surface area (Å²) in [6, 6.07) is 19.7.